The maximum atomic E-state index is 12.3. The van der Waals surface area contributed by atoms with Crippen LogP contribution in [0.5, 0.6) is 0 Å². The summed E-state index contributed by atoms with van der Waals surface area (Å²) >= 11 is 14.5. The molecule has 0 aromatic heterocycles. The molecule has 0 aliphatic carbocycles. The van der Waals surface area contributed by atoms with Gasteiger partial charge in [-0.15, -0.1) is 0 Å². The zero-order valence-corrected chi connectivity index (χ0v) is 14.0. The number of carbonyl (C=O) groups is 1. The van der Waals surface area contributed by atoms with Gasteiger partial charge in [0.15, 0.2) is 0 Å². The summed E-state index contributed by atoms with van der Waals surface area (Å²) in [4.78, 5) is 12.6. The molecule has 0 saturated heterocycles. The monoisotopic (exact) mass is 362 g/mol. The summed E-state index contributed by atoms with van der Waals surface area (Å²) in [6.45, 7) is 3.87. The van der Waals surface area contributed by atoms with Gasteiger partial charge in [0.05, 0.1) is 21.1 Å². The van der Waals surface area contributed by atoms with Crippen LogP contribution in [0.25, 0.3) is 0 Å². The maximum absolute atomic E-state index is 12.3. The standard InChI is InChI=1S/C13H16BrClN2OS/c1-3-13(4-2,12(16)19)17-11(18)8-6-5-7-9(14)10(8)15/h5-7H,3-4H2,1-2H3,(H2,16,19)(H,17,18). The van der Waals surface area contributed by atoms with Crippen LogP contribution in [0.1, 0.15) is 37.0 Å². The van der Waals surface area contributed by atoms with Crippen LogP contribution < -0.4 is 11.1 Å². The third-order valence-electron chi connectivity index (χ3n) is 3.23. The van der Waals surface area contributed by atoms with Crippen LogP contribution >= 0.6 is 39.7 Å². The van der Waals surface area contributed by atoms with E-state index in [1.165, 1.54) is 0 Å². The lowest BCUT2D eigenvalue weighted by Gasteiger charge is -2.31. The van der Waals surface area contributed by atoms with Crippen molar-refractivity contribution in [2.45, 2.75) is 32.2 Å². The van der Waals surface area contributed by atoms with E-state index in [4.69, 9.17) is 29.6 Å². The molecule has 19 heavy (non-hydrogen) atoms. The summed E-state index contributed by atoms with van der Waals surface area (Å²) in [5, 5.41) is 3.28. The van der Waals surface area contributed by atoms with E-state index >= 15 is 0 Å². The Morgan fingerprint density at radius 1 is 1.47 bits per heavy atom. The average Bonchev–Trinajstić information content (AvgIpc) is 2.38. The number of halogens is 2. The first kappa shape index (κ1) is 16.4. The van der Waals surface area contributed by atoms with E-state index in [0.29, 0.717) is 27.9 Å². The highest BCUT2D eigenvalue weighted by atomic mass is 79.9. The fourth-order valence-corrected chi connectivity index (χ4v) is 2.72. The van der Waals surface area contributed by atoms with Crippen molar-refractivity contribution in [2.24, 2.45) is 5.73 Å². The van der Waals surface area contributed by atoms with Crippen molar-refractivity contribution in [3.05, 3.63) is 33.3 Å². The zero-order chi connectivity index (χ0) is 14.6. The molecule has 0 atom stereocenters. The van der Waals surface area contributed by atoms with Crippen LogP contribution in [-0.4, -0.2) is 16.4 Å². The van der Waals surface area contributed by atoms with Crippen molar-refractivity contribution < 1.29 is 4.79 Å². The number of rotatable bonds is 5. The minimum absolute atomic E-state index is 0.275. The lowest BCUT2D eigenvalue weighted by Crippen LogP contribution is -2.56. The van der Waals surface area contributed by atoms with Gasteiger partial charge >= 0.3 is 0 Å². The third kappa shape index (κ3) is 3.46. The third-order valence-corrected chi connectivity index (χ3v) is 4.91. The predicted molar refractivity (Wildman–Crippen MR) is 86.7 cm³/mol. The topological polar surface area (TPSA) is 55.1 Å². The minimum atomic E-state index is -0.669. The Kier molecular flexibility index (Phi) is 5.77. The molecule has 0 aliphatic rings. The first-order valence-electron chi connectivity index (χ1n) is 5.94. The van der Waals surface area contributed by atoms with Crippen molar-refractivity contribution in [1.82, 2.24) is 5.32 Å². The second-order valence-electron chi connectivity index (χ2n) is 4.21. The molecular formula is C13H16BrClN2OS. The normalized spacial score (nSPS) is 11.2. The molecule has 3 N–H and O–H groups in total. The summed E-state index contributed by atoms with van der Waals surface area (Å²) in [7, 11) is 0. The highest BCUT2D eigenvalue weighted by Gasteiger charge is 2.32. The smallest absolute Gasteiger partial charge is 0.253 e. The van der Waals surface area contributed by atoms with Gasteiger partial charge in [-0.3, -0.25) is 4.79 Å². The predicted octanol–water partition coefficient (Wildman–Crippen LogP) is 3.68. The molecule has 1 amide bonds. The van der Waals surface area contributed by atoms with Gasteiger partial charge in [0, 0.05) is 4.47 Å². The second-order valence-corrected chi connectivity index (χ2v) is 5.88. The summed E-state index contributed by atoms with van der Waals surface area (Å²) in [5.74, 6) is -0.275. The number of nitrogens with two attached hydrogens (primary N) is 1. The van der Waals surface area contributed by atoms with Crippen molar-refractivity contribution in [3.63, 3.8) is 0 Å². The SMILES string of the molecule is CCC(CC)(NC(=O)c1cccc(Br)c1Cl)C(N)=S. The van der Waals surface area contributed by atoms with E-state index in [9.17, 15) is 4.79 Å². The molecule has 3 nitrogen and oxygen atoms in total. The van der Waals surface area contributed by atoms with Crippen LogP contribution in [0.3, 0.4) is 0 Å². The molecular weight excluding hydrogens is 348 g/mol. The van der Waals surface area contributed by atoms with Crippen LogP contribution in [0.2, 0.25) is 5.02 Å². The summed E-state index contributed by atoms with van der Waals surface area (Å²) < 4.78 is 0.677. The van der Waals surface area contributed by atoms with Crippen molar-refractivity contribution in [1.29, 1.82) is 0 Å². The number of hydrogen-bond donors (Lipinski definition) is 2. The summed E-state index contributed by atoms with van der Waals surface area (Å²) in [6, 6.07) is 5.20. The lowest BCUT2D eigenvalue weighted by atomic mass is 9.92. The molecule has 1 aromatic rings. The lowest BCUT2D eigenvalue weighted by molar-refractivity contribution is 0.0920. The number of nitrogens with one attached hydrogen (secondary N) is 1. The molecule has 0 aliphatic heterocycles. The number of carbonyl (C=O) groups excluding carboxylic acids is 1. The van der Waals surface area contributed by atoms with Crippen LogP contribution in [0.15, 0.2) is 22.7 Å². The Balaban J connectivity index is 3.08. The van der Waals surface area contributed by atoms with Crippen molar-refractivity contribution in [2.75, 3.05) is 0 Å². The van der Waals surface area contributed by atoms with E-state index in [1.54, 1.807) is 18.2 Å². The van der Waals surface area contributed by atoms with E-state index in [1.807, 2.05) is 13.8 Å². The molecule has 0 radical (unpaired) electrons. The van der Waals surface area contributed by atoms with Gasteiger partial charge in [0.25, 0.3) is 5.91 Å². The number of benzene rings is 1. The minimum Gasteiger partial charge on any atom is -0.391 e. The Labute approximate surface area is 132 Å². The maximum Gasteiger partial charge on any atom is 0.253 e. The molecule has 0 fully saturated rings. The van der Waals surface area contributed by atoms with Crippen LogP contribution in [0.4, 0.5) is 0 Å². The first-order chi connectivity index (χ1) is 8.88. The zero-order valence-electron chi connectivity index (χ0n) is 10.8. The molecule has 104 valence electrons. The van der Waals surface area contributed by atoms with Crippen molar-refractivity contribution >= 4 is 50.6 Å². The van der Waals surface area contributed by atoms with Gasteiger partial charge in [-0.2, -0.15) is 0 Å². The van der Waals surface area contributed by atoms with Crippen LogP contribution in [0, 0.1) is 0 Å². The molecule has 0 saturated carbocycles. The van der Waals surface area contributed by atoms with E-state index in [0.717, 1.165) is 0 Å². The first-order valence-corrected chi connectivity index (χ1v) is 7.52. The highest BCUT2D eigenvalue weighted by Crippen LogP contribution is 2.27. The average molecular weight is 364 g/mol. The number of hydrogen-bond acceptors (Lipinski definition) is 2. The van der Waals surface area contributed by atoms with E-state index < -0.39 is 5.54 Å². The Bertz CT molecular complexity index is 503. The van der Waals surface area contributed by atoms with Gasteiger partial charge in [-0.25, -0.2) is 0 Å². The van der Waals surface area contributed by atoms with Gasteiger partial charge in [0.1, 0.15) is 0 Å². The van der Waals surface area contributed by atoms with Crippen LogP contribution in [-0.2, 0) is 0 Å². The molecule has 0 spiro atoms. The molecule has 1 aromatic carbocycles. The fourth-order valence-electron chi connectivity index (χ4n) is 1.80. The molecule has 6 heteroatoms. The van der Waals surface area contributed by atoms with Crippen molar-refractivity contribution in [3.8, 4) is 0 Å². The molecule has 1 rings (SSSR count). The quantitative estimate of drug-likeness (QED) is 0.785. The Hall–Kier alpha value is -0.650. The highest BCUT2D eigenvalue weighted by molar-refractivity contribution is 9.10. The number of amides is 1. The van der Waals surface area contributed by atoms with E-state index in [2.05, 4.69) is 21.2 Å². The summed E-state index contributed by atoms with van der Waals surface area (Å²) in [6.07, 6.45) is 1.27. The number of thiocarbonyl (C=S) groups is 1. The Morgan fingerprint density at radius 3 is 2.53 bits per heavy atom. The molecule has 0 unspecified atom stereocenters. The second kappa shape index (κ2) is 6.68. The Morgan fingerprint density at radius 2 is 2.05 bits per heavy atom. The van der Waals surface area contributed by atoms with E-state index in [-0.39, 0.29) is 10.9 Å². The summed E-state index contributed by atoms with van der Waals surface area (Å²) in [5.41, 5.74) is 5.49. The van der Waals surface area contributed by atoms with Gasteiger partial charge in [-0.1, -0.05) is 43.7 Å². The largest absolute Gasteiger partial charge is 0.391 e. The fraction of sp³-hybridized carbons (Fsp3) is 0.385. The van der Waals surface area contributed by atoms with Gasteiger partial charge < -0.3 is 11.1 Å². The van der Waals surface area contributed by atoms with Gasteiger partial charge in [0.2, 0.25) is 0 Å². The molecule has 0 bridgehead atoms. The molecule has 0 heterocycles. The van der Waals surface area contributed by atoms with Gasteiger partial charge in [-0.05, 0) is 40.9 Å².